The quantitative estimate of drug-likeness (QED) is 0.818. The van der Waals surface area contributed by atoms with Gasteiger partial charge in [-0.3, -0.25) is 0 Å². The van der Waals surface area contributed by atoms with Crippen LogP contribution in [0.3, 0.4) is 0 Å². The van der Waals surface area contributed by atoms with Gasteiger partial charge in [0, 0.05) is 18.8 Å². The Balaban J connectivity index is 1.95. The number of pyridine rings is 1. The Bertz CT molecular complexity index is 468. The molecule has 0 spiro atoms. The number of nitrogens with zero attached hydrogens (tertiary/aromatic N) is 3. The number of ether oxygens (including phenoxy) is 1. The molecule has 0 saturated heterocycles. The van der Waals surface area contributed by atoms with Crippen molar-refractivity contribution in [2.24, 2.45) is 0 Å². The van der Waals surface area contributed by atoms with Crippen LogP contribution in [0, 0.1) is 0 Å². The summed E-state index contributed by atoms with van der Waals surface area (Å²) >= 11 is 0. The zero-order valence-corrected chi connectivity index (χ0v) is 9.42. The molecule has 0 aliphatic rings. The standard InChI is InChI=1S/C11H13N5O/c1-17-11-3-2-8(5-16-11)4-14-10-7-13-9(12)6-15-10/h2-3,5-7H,4H2,1H3,(H2,12,13)(H,14,15). The Morgan fingerprint density at radius 1 is 1.18 bits per heavy atom. The molecule has 0 aromatic carbocycles. The predicted octanol–water partition coefficient (Wildman–Crippen LogP) is 1.07. The molecule has 6 heteroatoms. The third kappa shape index (κ3) is 3.04. The van der Waals surface area contributed by atoms with Gasteiger partial charge in [0.15, 0.2) is 0 Å². The minimum absolute atomic E-state index is 0.404. The van der Waals surface area contributed by atoms with Crippen LogP contribution in [0.5, 0.6) is 5.88 Å². The third-order valence-electron chi connectivity index (χ3n) is 2.15. The lowest BCUT2D eigenvalue weighted by molar-refractivity contribution is 0.397. The first-order chi connectivity index (χ1) is 8.28. The fourth-order valence-corrected chi connectivity index (χ4v) is 1.26. The Morgan fingerprint density at radius 3 is 2.65 bits per heavy atom. The maximum absolute atomic E-state index is 5.44. The van der Waals surface area contributed by atoms with Crippen molar-refractivity contribution in [1.82, 2.24) is 15.0 Å². The van der Waals surface area contributed by atoms with Crippen LogP contribution in [0.4, 0.5) is 11.6 Å². The second-order valence-electron chi connectivity index (χ2n) is 3.39. The fraction of sp³-hybridized carbons (Fsp3) is 0.182. The Labute approximate surface area is 98.9 Å². The van der Waals surface area contributed by atoms with E-state index in [-0.39, 0.29) is 0 Å². The first-order valence-electron chi connectivity index (χ1n) is 5.08. The average Bonchev–Trinajstić information content (AvgIpc) is 2.39. The monoisotopic (exact) mass is 231 g/mol. The molecule has 2 heterocycles. The Morgan fingerprint density at radius 2 is 2.06 bits per heavy atom. The first-order valence-corrected chi connectivity index (χ1v) is 5.08. The van der Waals surface area contributed by atoms with Gasteiger partial charge < -0.3 is 15.8 Å². The highest BCUT2D eigenvalue weighted by Crippen LogP contribution is 2.08. The molecule has 0 unspecified atom stereocenters. The molecule has 0 bridgehead atoms. The van der Waals surface area contributed by atoms with E-state index in [4.69, 9.17) is 10.5 Å². The molecular weight excluding hydrogens is 218 g/mol. The Hall–Kier alpha value is -2.37. The molecule has 0 fully saturated rings. The van der Waals surface area contributed by atoms with Crippen LogP contribution in [0.2, 0.25) is 0 Å². The van der Waals surface area contributed by atoms with E-state index in [2.05, 4.69) is 20.3 Å². The van der Waals surface area contributed by atoms with Gasteiger partial charge in [0.25, 0.3) is 0 Å². The molecule has 0 radical (unpaired) electrons. The van der Waals surface area contributed by atoms with Crippen molar-refractivity contribution in [2.75, 3.05) is 18.2 Å². The summed E-state index contributed by atoms with van der Waals surface area (Å²) in [4.78, 5) is 12.1. The minimum atomic E-state index is 0.404. The van der Waals surface area contributed by atoms with Gasteiger partial charge in [0.05, 0.1) is 19.5 Å². The third-order valence-corrected chi connectivity index (χ3v) is 2.15. The molecule has 3 N–H and O–H groups in total. The lowest BCUT2D eigenvalue weighted by atomic mass is 10.3. The van der Waals surface area contributed by atoms with Crippen molar-refractivity contribution in [3.8, 4) is 5.88 Å². The van der Waals surface area contributed by atoms with E-state index in [1.54, 1.807) is 19.5 Å². The molecule has 2 aromatic heterocycles. The SMILES string of the molecule is COc1ccc(CNc2cnc(N)cn2)cn1. The molecule has 2 rings (SSSR count). The van der Waals surface area contributed by atoms with Crippen LogP contribution in [0.15, 0.2) is 30.7 Å². The number of rotatable bonds is 4. The van der Waals surface area contributed by atoms with Crippen molar-refractivity contribution >= 4 is 11.6 Å². The van der Waals surface area contributed by atoms with Gasteiger partial charge >= 0.3 is 0 Å². The van der Waals surface area contributed by atoms with Gasteiger partial charge in [0.2, 0.25) is 5.88 Å². The summed E-state index contributed by atoms with van der Waals surface area (Å²) in [5.41, 5.74) is 6.47. The van der Waals surface area contributed by atoms with E-state index in [9.17, 15) is 0 Å². The van der Waals surface area contributed by atoms with Crippen molar-refractivity contribution in [2.45, 2.75) is 6.54 Å². The lowest BCUT2D eigenvalue weighted by Gasteiger charge is -2.05. The van der Waals surface area contributed by atoms with Crippen LogP contribution in [0.1, 0.15) is 5.56 Å². The zero-order valence-electron chi connectivity index (χ0n) is 9.42. The largest absolute Gasteiger partial charge is 0.481 e. The zero-order chi connectivity index (χ0) is 12.1. The summed E-state index contributed by atoms with van der Waals surface area (Å²) in [6.07, 6.45) is 4.84. The maximum Gasteiger partial charge on any atom is 0.212 e. The minimum Gasteiger partial charge on any atom is -0.481 e. The summed E-state index contributed by atoms with van der Waals surface area (Å²) in [7, 11) is 1.59. The average molecular weight is 231 g/mol. The molecule has 88 valence electrons. The van der Waals surface area contributed by atoms with Crippen LogP contribution in [-0.4, -0.2) is 22.1 Å². The lowest BCUT2D eigenvalue weighted by Crippen LogP contribution is -2.03. The molecular formula is C11H13N5O. The summed E-state index contributed by atoms with van der Waals surface area (Å²) in [5, 5.41) is 3.12. The van der Waals surface area contributed by atoms with E-state index >= 15 is 0 Å². The van der Waals surface area contributed by atoms with E-state index in [0.717, 1.165) is 5.56 Å². The van der Waals surface area contributed by atoms with Crippen molar-refractivity contribution in [1.29, 1.82) is 0 Å². The van der Waals surface area contributed by atoms with E-state index in [0.29, 0.717) is 24.1 Å². The van der Waals surface area contributed by atoms with Crippen LogP contribution < -0.4 is 15.8 Å². The van der Waals surface area contributed by atoms with Gasteiger partial charge in [-0.2, -0.15) is 0 Å². The van der Waals surface area contributed by atoms with Gasteiger partial charge in [-0.05, 0) is 5.56 Å². The topological polar surface area (TPSA) is 86.0 Å². The Kier molecular flexibility index (Phi) is 3.34. The summed E-state index contributed by atoms with van der Waals surface area (Å²) in [6, 6.07) is 3.75. The van der Waals surface area contributed by atoms with E-state index in [1.165, 1.54) is 6.20 Å². The number of nitrogens with one attached hydrogen (secondary N) is 1. The molecule has 6 nitrogen and oxygen atoms in total. The maximum atomic E-state index is 5.44. The number of hydrogen-bond acceptors (Lipinski definition) is 6. The normalized spacial score (nSPS) is 9.94. The second-order valence-corrected chi connectivity index (χ2v) is 3.39. The fourth-order valence-electron chi connectivity index (χ4n) is 1.26. The highest BCUT2D eigenvalue weighted by molar-refractivity contribution is 5.36. The highest BCUT2D eigenvalue weighted by atomic mass is 16.5. The van der Waals surface area contributed by atoms with Crippen LogP contribution in [0.25, 0.3) is 0 Å². The molecule has 2 aromatic rings. The molecule has 0 aliphatic heterocycles. The van der Waals surface area contributed by atoms with Gasteiger partial charge in [0.1, 0.15) is 11.6 Å². The van der Waals surface area contributed by atoms with Gasteiger partial charge in [-0.15, -0.1) is 0 Å². The molecule has 0 aliphatic carbocycles. The van der Waals surface area contributed by atoms with Gasteiger partial charge in [-0.1, -0.05) is 6.07 Å². The molecule has 17 heavy (non-hydrogen) atoms. The van der Waals surface area contributed by atoms with Crippen molar-refractivity contribution < 1.29 is 4.74 Å². The number of hydrogen-bond donors (Lipinski definition) is 2. The number of nitrogen functional groups attached to an aromatic ring is 1. The van der Waals surface area contributed by atoms with Gasteiger partial charge in [-0.25, -0.2) is 15.0 Å². The number of nitrogens with two attached hydrogens (primary N) is 1. The molecule has 0 atom stereocenters. The molecule has 0 amide bonds. The smallest absolute Gasteiger partial charge is 0.212 e. The second kappa shape index (κ2) is 5.11. The van der Waals surface area contributed by atoms with E-state index in [1.807, 2.05) is 12.1 Å². The summed E-state index contributed by atoms with van der Waals surface area (Å²) < 4.78 is 4.98. The predicted molar refractivity (Wildman–Crippen MR) is 64.6 cm³/mol. The first kappa shape index (κ1) is 11.1. The van der Waals surface area contributed by atoms with Crippen molar-refractivity contribution in [3.05, 3.63) is 36.3 Å². The van der Waals surface area contributed by atoms with E-state index < -0.39 is 0 Å². The highest BCUT2D eigenvalue weighted by Gasteiger charge is 1.97. The van der Waals surface area contributed by atoms with Crippen LogP contribution in [-0.2, 0) is 6.54 Å². The summed E-state index contributed by atoms with van der Waals surface area (Å²) in [5.74, 6) is 1.68. The number of methoxy groups -OCH3 is 1. The van der Waals surface area contributed by atoms with Crippen molar-refractivity contribution in [3.63, 3.8) is 0 Å². The number of anilines is 2. The van der Waals surface area contributed by atoms with Crippen LogP contribution >= 0.6 is 0 Å². The number of aromatic nitrogens is 3. The molecule has 0 saturated carbocycles. The summed E-state index contributed by atoms with van der Waals surface area (Å²) in [6.45, 7) is 0.621.